The first-order valence-electron chi connectivity index (χ1n) is 15.1. The SMILES string of the molecule is CC(COC(=O)N1CCC(n2c(=O)n(C(=O)C(C)(C)C)c3ccccc32)CC1)N(Cc1ccccc1)Cc1ccccc1. The topological polar surface area (TPSA) is 76.8 Å². The molecular weight excluding hydrogens is 540 g/mol. The molecule has 1 aliphatic rings. The average molecular weight is 583 g/mol. The number of rotatable bonds is 8. The third-order valence-electron chi connectivity index (χ3n) is 8.24. The predicted molar refractivity (Wildman–Crippen MR) is 169 cm³/mol. The Hall–Kier alpha value is -4.17. The highest BCUT2D eigenvalue weighted by molar-refractivity contribution is 5.93. The van der Waals surface area contributed by atoms with Gasteiger partial charge in [0, 0.05) is 43.7 Å². The summed E-state index contributed by atoms with van der Waals surface area (Å²) in [6.07, 6.45) is 0.884. The van der Waals surface area contributed by atoms with E-state index in [2.05, 4.69) is 36.1 Å². The molecule has 1 fully saturated rings. The van der Waals surface area contributed by atoms with E-state index in [4.69, 9.17) is 4.74 Å². The standard InChI is InChI=1S/C35H42N4O4/c1-26(37(23-27-13-7-5-8-14-27)24-28-15-9-6-10-16-28)25-43-34(42)36-21-19-29(20-22-36)38-30-17-11-12-18-31(30)39(33(38)41)32(40)35(2,3)4/h5-18,26,29H,19-25H2,1-4H3. The number of imidazole rings is 1. The van der Waals surface area contributed by atoms with E-state index in [1.807, 2.05) is 81.4 Å². The molecule has 3 aromatic carbocycles. The molecule has 1 aliphatic heterocycles. The maximum Gasteiger partial charge on any atom is 0.409 e. The van der Waals surface area contributed by atoms with Crippen LogP contribution in [-0.2, 0) is 17.8 Å². The molecule has 1 aromatic heterocycles. The molecule has 226 valence electrons. The number of carbonyl (C=O) groups is 2. The fourth-order valence-corrected chi connectivity index (χ4v) is 5.75. The van der Waals surface area contributed by atoms with Crippen molar-refractivity contribution in [2.75, 3.05) is 19.7 Å². The quantitative estimate of drug-likeness (QED) is 0.242. The zero-order chi connectivity index (χ0) is 30.6. The van der Waals surface area contributed by atoms with Crippen molar-refractivity contribution < 1.29 is 14.3 Å². The minimum Gasteiger partial charge on any atom is -0.448 e. The van der Waals surface area contributed by atoms with E-state index in [1.165, 1.54) is 15.7 Å². The van der Waals surface area contributed by atoms with Crippen LogP contribution in [0, 0.1) is 5.41 Å². The summed E-state index contributed by atoms with van der Waals surface area (Å²) in [6, 6.07) is 28.0. The van der Waals surface area contributed by atoms with Gasteiger partial charge in [0.2, 0.25) is 5.91 Å². The summed E-state index contributed by atoms with van der Waals surface area (Å²) in [6.45, 7) is 10.3. The molecule has 0 bridgehead atoms. The molecule has 0 N–H and O–H groups in total. The van der Waals surface area contributed by atoms with Crippen molar-refractivity contribution in [2.24, 2.45) is 5.41 Å². The minimum absolute atomic E-state index is 0.00645. The maximum atomic E-state index is 13.6. The number of nitrogens with zero attached hydrogens (tertiary/aromatic N) is 4. The fourth-order valence-electron chi connectivity index (χ4n) is 5.75. The lowest BCUT2D eigenvalue weighted by Crippen LogP contribution is -2.43. The molecular formula is C35H42N4O4. The first-order chi connectivity index (χ1) is 20.6. The molecule has 8 heteroatoms. The van der Waals surface area contributed by atoms with Crippen LogP contribution in [-0.4, -0.2) is 56.7 Å². The second kappa shape index (κ2) is 13.0. The highest BCUT2D eigenvalue weighted by Crippen LogP contribution is 2.28. The van der Waals surface area contributed by atoms with Crippen molar-refractivity contribution in [3.8, 4) is 0 Å². The Bertz CT molecular complexity index is 1550. The molecule has 8 nitrogen and oxygen atoms in total. The largest absolute Gasteiger partial charge is 0.448 e. The van der Waals surface area contributed by atoms with Crippen molar-refractivity contribution in [1.29, 1.82) is 0 Å². The summed E-state index contributed by atoms with van der Waals surface area (Å²) in [5.74, 6) is -0.226. The summed E-state index contributed by atoms with van der Waals surface area (Å²) in [4.78, 5) is 44.0. The van der Waals surface area contributed by atoms with E-state index in [9.17, 15) is 14.4 Å². The van der Waals surface area contributed by atoms with Gasteiger partial charge in [0.15, 0.2) is 0 Å². The summed E-state index contributed by atoms with van der Waals surface area (Å²) >= 11 is 0. The van der Waals surface area contributed by atoms with E-state index >= 15 is 0 Å². The Balaban J connectivity index is 1.23. The Kier molecular flexibility index (Phi) is 9.16. The number of likely N-dealkylation sites (tertiary alicyclic amines) is 1. The number of hydrogen-bond donors (Lipinski definition) is 0. The number of piperidine rings is 1. The molecule has 43 heavy (non-hydrogen) atoms. The molecule has 0 saturated carbocycles. The van der Waals surface area contributed by atoms with Gasteiger partial charge in [-0.2, -0.15) is 0 Å². The molecule has 2 heterocycles. The monoisotopic (exact) mass is 582 g/mol. The second-order valence-corrected chi connectivity index (χ2v) is 12.6. The predicted octanol–water partition coefficient (Wildman–Crippen LogP) is 6.35. The van der Waals surface area contributed by atoms with Gasteiger partial charge in [-0.25, -0.2) is 14.2 Å². The van der Waals surface area contributed by atoms with Gasteiger partial charge in [-0.3, -0.25) is 14.3 Å². The van der Waals surface area contributed by atoms with Crippen LogP contribution in [0.25, 0.3) is 11.0 Å². The molecule has 0 spiro atoms. The fraction of sp³-hybridized carbons (Fsp3) is 0.400. The van der Waals surface area contributed by atoms with E-state index < -0.39 is 5.41 Å². The van der Waals surface area contributed by atoms with Crippen LogP contribution in [0.1, 0.15) is 62.5 Å². The Morgan fingerprint density at radius 3 is 1.88 bits per heavy atom. The molecule has 0 aliphatic carbocycles. The number of para-hydroxylation sites is 2. The number of carbonyl (C=O) groups excluding carboxylic acids is 2. The third kappa shape index (κ3) is 6.91. The lowest BCUT2D eigenvalue weighted by molar-refractivity contribution is 0.0567. The van der Waals surface area contributed by atoms with Crippen molar-refractivity contribution in [3.05, 3.63) is 107 Å². The Morgan fingerprint density at radius 1 is 0.837 bits per heavy atom. The molecule has 1 saturated heterocycles. The first-order valence-corrected chi connectivity index (χ1v) is 15.1. The molecule has 1 amide bonds. The van der Waals surface area contributed by atoms with Crippen molar-refractivity contribution in [2.45, 2.75) is 65.7 Å². The first kappa shape index (κ1) is 30.3. The lowest BCUT2D eigenvalue weighted by Gasteiger charge is -2.33. The zero-order valence-electron chi connectivity index (χ0n) is 25.6. The number of aromatic nitrogens is 2. The normalized spacial score (nSPS) is 15.1. The van der Waals surface area contributed by atoms with Crippen molar-refractivity contribution >= 4 is 23.0 Å². The third-order valence-corrected chi connectivity index (χ3v) is 8.24. The van der Waals surface area contributed by atoms with Crippen LogP contribution in [0.3, 0.4) is 0 Å². The number of benzene rings is 3. The van der Waals surface area contributed by atoms with Gasteiger partial charge >= 0.3 is 11.8 Å². The van der Waals surface area contributed by atoms with Gasteiger partial charge < -0.3 is 9.64 Å². The van der Waals surface area contributed by atoms with Crippen LogP contribution >= 0.6 is 0 Å². The molecule has 1 atom stereocenters. The van der Waals surface area contributed by atoms with Gasteiger partial charge in [-0.1, -0.05) is 93.6 Å². The number of ether oxygens (including phenoxy) is 1. The van der Waals surface area contributed by atoms with Crippen LogP contribution in [0.5, 0.6) is 0 Å². The Labute approximate surface area is 253 Å². The zero-order valence-corrected chi connectivity index (χ0v) is 25.6. The van der Waals surface area contributed by atoms with E-state index in [0.29, 0.717) is 31.4 Å². The average Bonchev–Trinajstić information content (AvgIpc) is 3.31. The van der Waals surface area contributed by atoms with Gasteiger partial charge in [0.1, 0.15) is 6.61 Å². The minimum atomic E-state index is -0.694. The highest BCUT2D eigenvalue weighted by atomic mass is 16.6. The smallest absolute Gasteiger partial charge is 0.409 e. The highest BCUT2D eigenvalue weighted by Gasteiger charge is 2.32. The van der Waals surface area contributed by atoms with Crippen molar-refractivity contribution in [3.63, 3.8) is 0 Å². The summed E-state index contributed by atoms with van der Waals surface area (Å²) in [5.41, 5.74) is 2.78. The van der Waals surface area contributed by atoms with Gasteiger partial charge in [0.25, 0.3) is 0 Å². The lowest BCUT2D eigenvalue weighted by atomic mass is 9.95. The number of fused-ring (bicyclic) bond motifs is 1. The van der Waals surface area contributed by atoms with Gasteiger partial charge in [0.05, 0.1) is 11.0 Å². The van der Waals surface area contributed by atoms with Crippen LogP contribution in [0.2, 0.25) is 0 Å². The van der Waals surface area contributed by atoms with Gasteiger partial charge in [-0.05, 0) is 43.0 Å². The number of hydrogen-bond acceptors (Lipinski definition) is 5. The van der Waals surface area contributed by atoms with E-state index in [1.54, 1.807) is 9.47 Å². The molecule has 4 aromatic rings. The summed E-state index contributed by atoms with van der Waals surface area (Å²) < 4.78 is 8.89. The van der Waals surface area contributed by atoms with Crippen molar-refractivity contribution in [1.82, 2.24) is 18.9 Å². The van der Waals surface area contributed by atoms with E-state index in [0.717, 1.165) is 18.6 Å². The summed E-state index contributed by atoms with van der Waals surface area (Å²) in [5, 5.41) is 0. The second-order valence-electron chi connectivity index (χ2n) is 12.6. The molecule has 1 unspecified atom stereocenters. The number of amides is 1. The Morgan fingerprint density at radius 2 is 1.35 bits per heavy atom. The van der Waals surface area contributed by atoms with Crippen LogP contribution in [0.4, 0.5) is 4.79 Å². The van der Waals surface area contributed by atoms with Gasteiger partial charge in [-0.15, -0.1) is 0 Å². The van der Waals surface area contributed by atoms with Crippen LogP contribution in [0.15, 0.2) is 89.7 Å². The summed E-state index contributed by atoms with van der Waals surface area (Å²) in [7, 11) is 0. The maximum absolute atomic E-state index is 13.6. The van der Waals surface area contributed by atoms with E-state index in [-0.39, 0.29) is 36.4 Å². The molecule has 5 rings (SSSR count). The molecule has 0 radical (unpaired) electrons. The van der Waals surface area contributed by atoms with Crippen LogP contribution < -0.4 is 5.69 Å².